The Balaban J connectivity index is 2.17. The van der Waals surface area contributed by atoms with Gasteiger partial charge >= 0.3 is 0 Å². The molecule has 0 aliphatic rings. The van der Waals surface area contributed by atoms with Crippen molar-refractivity contribution >= 4 is 17.2 Å². The van der Waals surface area contributed by atoms with Gasteiger partial charge < -0.3 is 11.1 Å². The number of ketones is 1. The van der Waals surface area contributed by atoms with Crippen LogP contribution in [0.2, 0.25) is 0 Å². The van der Waals surface area contributed by atoms with Crippen LogP contribution in [0.4, 0.5) is 20.2 Å². The molecule has 3 nitrogen and oxygen atoms in total. The zero-order chi connectivity index (χ0) is 14.7. The lowest BCUT2D eigenvalue weighted by atomic mass is 10.1. The molecular formula is C15H14F2N2O. The predicted octanol–water partition coefficient (Wildman–Crippen LogP) is 3.36. The average molecular weight is 276 g/mol. The van der Waals surface area contributed by atoms with Gasteiger partial charge in [0, 0.05) is 29.0 Å². The van der Waals surface area contributed by atoms with Gasteiger partial charge in [-0.15, -0.1) is 0 Å². The van der Waals surface area contributed by atoms with Crippen molar-refractivity contribution in [2.75, 3.05) is 11.1 Å². The van der Waals surface area contributed by atoms with E-state index in [0.29, 0.717) is 16.9 Å². The number of nitrogens with two attached hydrogens (primary N) is 1. The minimum atomic E-state index is -0.495. The van der Waals surface area contributed by atoms with Crippen molar-refractivity contribution in [2.45, 2.75) is 13.5 Å². The van der Waals surface area contributed by atoms with Crippen LogP contribution in [-0.2, 0) is 6.54 Å². The number of rotatable bonds is 4. The van der Waals surface area contributed by atoms with E-state index in [-0.39, 0.29) is 17.9 Å². The molecule has 0 radical (unpaired) electrons. The largest absolute Gasteiger partial charge is 0.398 e. The van der Waals surface area contributed by atoms with Gasteiger partial charge in [-0.1, -0.05) is 0 Å². The summed E-state index contributed by atoms with van der Waals surface area (Å²) in [5, 5.41) is 2.94. The van der Waals surface area contributed by atoms with Crippen LogP contribution in [0, 0.1) is 11.6 Å². The first kappa shape index (κ1) is 14.0. The highest BCUT2D eigenvalue weighted by molar-refractivity contribution is 6.00. The maximum absolute atomic E-state index is 13.5. The third kappa shape index (κ3) is 3.12. The van der Waals surface area contributed by atoms with Gasteiger partial charge in [0.1, 0.15) is 11.6 Å². The van der Waals surface area contributed by atoms with Gasteiger partial charge in [0.2, 0.25) is 0 Å². The van der Waals surface area contributed by atoms with Crippen molar-refractivity contribution in [2.24, 2.45) is 0 Å². The third-order valence-corrected chi connectivity index (χ3v) is 2.92. The van der Waals surface area contributed by atoms with E-state index in [9.17, 15) is 13.6 Å². The standard InChI is InChI=1S/C15H14F2N2O/c1-9(20)13-7-12(3-5-15(13)18)19-8-10-6-11(16)2-4-14(10)17/h2-7,19H,8,18H2,1H3. The van der Waals surface area contributed by atoms with Crippen molar-refractivity contribution in [1.82, 2.24) is 0 Å². The normalized spacial score (nSPS) is 10.3. The molecule has 0 bridgehead atoms. The molecule has 0 fully saturated rings. The Morgan fingerprint density at radius 2 is 1.95 bits per heavy atom. The molecular weight excluding hydrogens is 262 g/mol. The van der Waals surface area contributed by atoms with Crippen LogP contribution in [0.5, 0.6) is 0 Å². The van der Waals surface area contributed by atoms with Gasteiger partial charge in [-0.3, -0.25) is 4.79 Å². The van der Waals surface area contributed by atoms with E-state index < -0.39 is 11.6 Å². The maximum Gasteiger partial charge on any atom is 0.161 e. The molecule has 0 saturated heterocycles. The first-order chi connectivity index (χ1) is 9.47. The van der Waals surface area contributed by atoms with Crippen LogP contribution in [0.1, 0.15) is 22.8 Å². The molecule has 0 aromatic heterocycles. The summed E-state index contributed by atoms with van der Waals surface area (Å²) in [6.45, 7) is 1.53. The summed E-state index contributed by atoms with van der Waals surface area (Å²) in [5.74, 6) is -1.13. The summed E-state index contributed by atoms with van der Waals surface area (Å²) in [5.41, 5.74) is 7.30. The molecule has 0 unspecified atom stereocenters. The molecule has 104 valence electrons. The Bertz CT molecular complexity index is 656. The minimum Gasteiger partial charge on any atom is -0.398 e. The number of nitrogen functional groups attached to an aromatic ring is 1. The Labute approximate surface area is 115 Å². The van der Waals surface area contributed by atoms with Gasteiger partial charge in [-0.05, 0) is 43.3 Å². The van der Waals surface area contributed by atoms with Crippen LogP contribution in [0.3, 0.4) is 0 Å². The number of carbonyl (C=O) groups is 1. The Morgan fingerprint density at radius 3 is 2.65 bits per heavy atom. The second kappa shape index (κ2) is 5.69. The van der Waals surface area contributed by atoms with Gasteiger partial charge in [0.05, 0.1) is 0 Å². The highest BCUT2D eigenvalue weighted by Crippen LogP contribution is 2.19. The molecule has 2 rings (SSSR count). The van der Waals surface area contributed by atoms with E-state index in [1.807, 2.05) is 0 Å². The van der Waals surface area contributed by atoms with Crippen LogP contribution in [-0.4, -0.2) is 5.78 Å². The van der Waals surface area contributed by atoms with E-state index in [1.54, 1.807) is 18.2 Å². The topological polar surface area (TPSA) is 55.1 Å². The summed E-state index contributed by atoms with van der Waals surface area (Å²) in [6.07, 6.45) is 0. The quantitative estimate of drug-likeness (QED) is 0.665. The number of nitrogens with one attached hydrogen (secondary N) is 1. The van der Waals surface area contributed by atoms with E-state index in [0.717, 1.165) is 18.2 Å². The molecule has 2 aromatic rings. The van der Waals surface area contributed by atoms with E-state index in [2.05, 4.69) is 5.32 Å². The number of benzene rings is 2. The lowest BCUT2D eigenvalue weighted by molar-refractivity contribution is 0.101. The SMILES string of the molecule is CC(=O)c1cc(NCc2cc(F)ccc2F)ccc1N. The average Bonchev–Trinajstić information content (AvgIpc) is 2.41. The zero-order valence-corrected chi connectivity index (χ0v) is 10.9. The molecule has 2 aromatic carbocycles. The van der Waals surface area contributed by atoms with Crippen molar-refractivity contribution in [3.05, 3.63) is 59.2 Å². The minimum absolute atomic E-state index is 0.116. The van der Waals surface area contributed by atoms with Gasteiger partial charge in [0.15, 0.2) is 5.78 Å². The first-order valence-electron chi connectivity index (χ1n) is 6.05. The molecule has 0 heterocycles. The molecule has 0 amide bonds. The molecule has 0 aliphatic carbocycles. The predicted molar refractivity (Wildman–Crippen MR) is 74.5 cm³/mol. The zero-order valence-electron chi connectivity index (χ0n) is 10.9. The molecule has 0 aliphatic heterocycles. The van der Waals surface area contributed by atoms with E-state index in [4.69, 9.17) is 5.73 Å². The van der Waals surface area contributed by atoms with Gasteiger partial charge in [0.25, 0.3) is 0 Å². The second-order valence-electron chi connectivity index (χ2n) is 4.45. The third-order valence-electron chi connectivity index (χ3n) is 2.92. The Morgan fingerprint density at radius 1 is 1.20 bits per heavy atom. The Kier molecular flexibility index (Phi) is 3.98. The van der Waals surface area contributed by atoms with Crippen LogP contribution < -0.4 is 11.1 Å². The summed E-state index contributed by atoms with van der Waals surface area (Å²) in [6, 6.07) is 8.15. The first-order valence-corrected chi connectivity index (χ1v) is 6.05. The molecule has 0 saturated carbocycles. The fourth-order valence-electron chi connectivity index (χ4n) is 1.85. The summed E-state index contributed by atoms with van der Waals surface area (Å²) in [4.78, 5) is 11.4. The number of hydrogen-bond acceptors (Lipinski definition) is 3. The van der Waals surface area contributed by atoms with Crippen molar-refractivity contribution in [3.8, 4) is 0 Å². The second-order valence-corrected chi connectivity index (χ2v) is 4.45. The smallest absolute Gasteiger partial charge is 0.161 e. The summed E-state index contributed by atoms with van der Waals surface area (Å²) < 4.78 is 26.5. The Hall–Kier alpha value is -2.43. The molecule has 5 heteroatoms. The number of Topliss-reactive ketones (excluding diaryl/α,β-unsaturated/α-hetero) is 1. The van der Waals surface area contributed by atoms with E-state index in [1.165, 1.54) is 6.92 Å². The van der Waals surface area contributed by atoms with Crippen molar-refractivity contribution < 1.29 is 13.6 Å². The monoisotopic (exact) mass is 276 g/mol. The highest BCUT2D eigenvalue weighted by atomic mass is 19.1. The summed E-state index contributed by atoms with van der Waals surface area (Å²) in [7, 11) is 0. The molecule has 0 atom stereocenters. The lowest BCUT2D eigenvalue weighted by Crippen LogP contribution is -2.05. The van der Waals surface area contributed by atoms with E-state index >= 15 is 0 Å². The fourth-order valence-corrected chi connectivity index (χ4v) is 1.85. The van der Waals surface area contributed by atoms with Crippen molar-refractivity contribution in [3.63, 3.8) is 0 Å². The number of halogens is 2. The summed E-state index contributed by atoms with van der Waals surface area (Å²) >= 11 is 0. The van der Waals surface area contributed by atoms with Crippen LogP contribution in [0.25, 0.3) is 0 Å². The lowest BCUT2D eigenvalue weighted by Gasteiger charge is -2.10. The fraction of sp³-hybridized carbons (Fsp3) is 0.133. The number of hydrogen-bond donors (Lipinski definition) is 2. The number of carbonyl (C=O) groups excluding carboxylic acids is 1. The van der Waals surface area contributed by atoms with Gasteiger partial charge in [-0.2, -0.15) is 0 Å². The molecule has 20 heavy (non-hydrogen) atoms. The molecule has 0 spiro atoms. The van der Waals surface area contributed by atoms with Crippen molar-refractivity contribution in [1.29, 1.82) is 0 Å². The highest BCUT2D eigenvalue weighted by Gasteiger charge is 2.07. The maximum atomic E-state index is 13.5. The van der Waals surface area contributed by atoms with Crippen LogP contribution >= 0.6 is 0 Å². The van der Waals surface area contributed by atoms with Gasteiger partial charge in [-0.25, -0.2) is 8.78 Å². The van der Waals surface area contributed by atoms with Crippen LogP contribution in [0.15, 0.2) is 36.4 Å². The number of anilines is 2. The molecule has 3 N–H and O–H groups in total.